The van der Waals surface area contributed by atoms with Gasteiger partial charge in [-0.05, 0) is 38.9 Å². The number of hydrogen-bond donors (Lipinski definition) is 1. The van der Waals surface area contributed by atoms with E-state index in [-0.39, 0.29) is 24.0 Å². The minimum absolute atomic E-state index is 0. The summed E-state index contributed by atoms with van der Waals surface area (Å²) in [7, 11) is 3.98. The second-order valence-corrected chi connectivity index (χ2v) is 5.82. The highest BCUT2D eigenvalue weighted by Crippen LogP contribution is 2.13. The van der Waals surface area contributed by atoms with Crippen LogP contribution in [0, 0.1) is 5.92 Å². The zero-order chi connectivity index (χ0) is 15.5. The molecule has 1 N–H and O–H groups in total. The van der Waals surface area contributed by atoms with E-state index in [9.17, 15) is 0 Å². The fourth-order valence-electron chi connectivity index (χ4n) is 2.79. The first-order valence-corrected chi connectivity index (χ1v) is 8.43. The normalized spacial score (nSPS) is 18.4. The largest absolute Gasteiger partial charge is 0.381 e. The molecule has 1 aliphatic rings. The summed E-state index contributed by atoms with van der Waals surface area (Å²) < 4.78 is 5.44. The minimum atomic E-state index is 0. The van der Waals surface area contributed by atoms with E-state index in [1.165, 1.54) is 25.8 Å². The highest BCUT2D eigenvalue weighted by Gasteiger charge is 2.18. The van der Waals surface area contributed by atoms with Gasteiger partial charge in [0.1, 0.15) is 0 Å². The Morgan fingerprint density at radius 2 is 2.00 bits per heavy atom. The van der Waals surface area contributed by atoms with Crippen molar-refractivity contribution in [1.29, 1.82) is 0 Å². The van der Waals surface area contributed by atoms with E-state index in [4.69, 9.17) is 4.74 Å². The van der Waals surface area contributed by atoms with Crippen LogP contribution in [-0.2, 0) is 4.74 Å². The highest BCUT2D eigenvalue weighted by molar-refractivity contribution is 14.0. The molecule has 0 aromatic carbocycles. The third kappa shape index (κ3) is 8.53. The molecule has 0 spiro atoms. The molecule has 1 aliphatic heterocycles. The summed E-state index contributed by atoms with van der Waals surface area (Å²) in [5.74, 6) is 1.65. The van der Waals surface area contributed by atoms with Gasteiger partial charge in [-0.15, -0.1) is 24.0 Å². The van der Waals surface area contributed by atoms with Crippen molar-refractivity contribution in [2.45, 2.75) is 33.1 Å². The first kappa shape index (κ1) is 21.9. The number of guanidine groups is 1. The van der Waals surface area contributed by atoms with Crippen LogP contribution in [0.3, 0.4) is 0 Å². The predicted molar refractivity (Wildman–Crippen MR) is 105 cm³/mol. The van der Waals surface area contributed by atoms with E-state index in [0.29, 0.717) is 5.92 Å². The summed E-state index contributed by atoms with van der Waals surface area (Å²) in [6.07, 6.45) is 3.60. The topological polar surface area (TPSA) is 40.1 Å². The molecule has 1 heterocycles. The Labute approximate surface area is 153 Å². The molecular weight excluding hydrogens is 391 g/mol. The van der Waals surface area contributed by atoms with Crippen molar-refractivity contribution in [3.05, 3.63) is 0 Å². The van der Waals surface area contributed by atoms with E-state index in [1.807, 2.05) is 7.05 Å². The molecule has 22 heavy (non-hydrogen) atoms. The van der Waals surface area contributed by atoms with Gasteiger partial charge in [-0.3, -0.25) is 4.99 Å². The van der Waals surface area contributed by atoms with Crippen molar-refractivity contribution in [1.82, 2.24) is 15.1 Å². The molecule has 0 aromatic rings. The molecule has 5 nitrogen and oxygen atoms in total. The van der Waals surface area contributed by atoms with Crippen LogP contribution in [-0.4, -0.2) is 75.8 Å². The van der Waals surface area contributed by atoms with Crippen LogP contribution in [0.4, 0.5) is 0 Å². The van der Waals surface area contributed by atoms with Gasteiger partial charge < -0.3 is 19.9 Å². The fraction of sp³-hybridized carbons (Fsp3) is 0.938. The van der Waals surface area contributed by atoms with Gasteiger partial charge in [-0.2, -0.15) is 0 Å². The average molecular weight is 426 g/mol. The first-order chi connectivity index (χ1) is 10.2. The van der Waals surface area contributed by atoms with Crippen molar-refractivity contribution in [2.24, 2.45) is 10.9 Å². The number of ether oxygens (including phenoxy) is 1. The summed E-state index contributed by atoms with van der Waals surface area (Å²) in [5.41, 5.74) is 0. The van der Waals surface area contributed by atoms with Crippen LogP contribution in [0.2, 0.25) is 0 Å². The lowest BCUT2D eigenvalue weighted by atomic mass is 10.1. The van der Waals surface area contributed by atoms with Crippen molar-refractivity contribution in [3.63, 3.8) is 0 Å². The van der Waals surface area contributed by atoms with Crippen LogP contribution in [0.5, 0.6) is 0 Å². The number of nitrogens with one attached hydrogen (secondary N) is 1. The number of hydrogen-bond acceptors (Lipinski definition) is 3. The molecule has 1 saturated heterocycles. The maximum absolute atomic E-state index is 5.44. The van der Waals surface area contributed by atoms with Gasteiger partial charge in [-0.25, -0.2) is 0 Å². The van der Waals surface area contributed by atoms with Gasteiger partial charge in [0.25, 0.3) is 0 Å². The van der Waals surface area contributed by atoms with Crippen molar-refractivity contribution >= 4 is 29.9 Å². The summed E-state index contributed by atoms with van der Waals surface area (Å²) >= 11 is 0. The van der Waals surface area contributed by atoms with Crippen LogP contribution in [0.1, 0.15) is 33.1 Å². The van der Waals surface area contributed by atoms with Gasteiger partial charge in [0.2, 0.25) is 0 Å². The summed E-state index contributed by atoms with van der Waals surface area (Å²) in [6.45, 7) is 11.8. The van der Waals surface area contributed by atoms with Crippen molar-refractivity contribution in [2.75, 3.05) is 60.0 Å². The van der Waals surface area contributed by atoms with Gasteiger partial charge in [0, 0.05) is 39.7 Å². The molecule has 0 bridgehead atoms. The van der Waals surface area contributed by atoms with Gasteiger partial charge >= 0.3 is 0 Å². The summed E-state index contributed by atoms with van der Waals surface area (Å²) in [4.78, 5) is 9.07. The molecule has 1 unspecified atom stereocenters. The maximum Gasteiger partial charge on any atom is 0.193 e. The second kappa shape index (κ2) is 13.4. The molecule has 132 valence electrons. The predicted octanol–water partition coefficient (Wildman–Crippen LogP) is 2.27. The Hall–Kier alpha value is -0.0800. The van der Waals surface area contributed by atoms with Gasteiger partial charge in [0.05, 0.1) is 6.61 Å². The number of halogens is 1. The third-order valence-electron chi connectivity index (χ3n) is 4.21. The van der Waals surface area contributed by atoms with E-state index in [2.05, 4.69) is 41.0 Å². The third-order valence-corrected chi connectivity index (χ3v) is 4.21. The Balaban J connectivity index is 0.00000441. The zero-order valence-corrected chi connectivity index (χ0v) is 17.1. The zero-order valence-electron chi connectivity index (χ0n) is 14.8. The van der Waals surface area contributed by atoms with Gasteiger partial charge in [0.15, 0.2) is 5.96 Å². The molecule has 1 rings (SSSR count). The number of rotatable bonds is 9. The van der Waals surface area contributed by atoms with Crippen LogP contribution < -0.4 is 5.32 Å². The molecule has 1 atom stereocenters. The molecule has 0 aliphatic carbocycles. The molecule has 0 radical (unpaired) electrons. The first-order valence-electron chi connectivity index (χ1n) is 8.43. The quantitative estimate of drug-likeness (QED) is 0.266. The van der Waals surface area contributed by atoms with Crippen LogP contribution in [0.25, 0.3) is 0 Å². The lowest BCUT2D eigenvalue weighted by Gasteiger charge is -2.24. The van der Waals surface area contributed by atoms with Crippen molar-refractivity contribution < 1.29 is 4.74 Å². The molecule has 0 aromatic heterocycles. The fourth-order valence-corrected chi connectivity index (χ4v) is 2.79. The Morgan fingerprint density at radius 1 is 1.27 bits per heavy atom. The number of nitrogens with zero attached hydrogens (tertiary/aromatic N) is 3. The molecule has 1 fully saturated rings. The number of unbranched alkanes of at least 4 members (excludes halogenated alkanes) is 1. The molecule has 0 saturated carbocycles. The monoisotopic (exact) mass is 426 g/mol. The lowest BCUT2D eigenvalue weighted by molar-refractivity contribution is 0.181. The molecular formula is C16H35IN4O. The highest BCUT2D eigenvalue weighted by atomic mass is 127. The van der Waals surface area contributed by atoms with Crippen LogP contribution in [0.15, 0.2) is 4.99 Å². The Morgan fingerprint density at radius 3 is 2.55 bits per heavy atom. The van der Waals surface area contributed by atoms with Crippen LogP contribution >= 0.6 is 24.0 Å². The lowest BCUT2D eigenvalue weighted by Crippen LogP contribution is -2.41. The van der Waals surface area contributed by atoms with Crippen molar-refractivity contribution in [3.8, 4) is 0 Å². The van der Waals surface area contributed by atoms with E-state index in [1.54, 1.807) is 0 Å². The molecule has 6 heteroatoms. The summed E-state index contributed by atoms with van der Waals surface area (Å²) in [5, 5.41) is 3.47. The average Bonchev–Trinajstić information content (AvgIpc) is 2.99. The standard InChI is InChI=1S/C16H34N4O.HI/c1-5-20(6-2)11-8-7-10-18-16(17-3)19(4)13-15-9-12-21-14-15;/h15H,5-14H2,1-4H3,(H,17,18);1H. The maximum atomic E-state index is 5.44. The SMILES string of the molecule is CCN(CC)CCCCNC(=NC)N(C)CC1CCOC1.I. The van der Waals surface area contributed by atoms with E-state index in [0.717, 1.165) is 45.4 Å². The van der Waals surface area contributed by atoms with Gasteiger partial charge in [-0.1, -0.05) is 13.8 Å². The van der Waals surface area contributed by atoms with E-state index < -0.39 is 0 Å². The minimum Gasteiger partial charge on any atom is -0.381 e. The molecule has 0 amide bonds. The van der Waals surface area contributed by atoms with E-state index >= 15 is 0 Å². The smallest absolute Gasteiger partial charge is 0.193 e. The second-order valence-electron chi connectivity index (χ2n) is 5.82. The Bertz CT molecular complexity index is 292. The number of aliphatic imine (C=N–C) groups is 1. The Kier molecular flexibility index (Phi) is 13.3. The summed E-state index contributed by atoms with van der Waals surface area (Å²) in [6, 6.07) is 0.